The van der Waals surface area contributed by atoms with Gasteiger partial charge in [-0.15, -0.1) is 0 Å². The van der Waals surface area contributed by atoms with Crippen LogP contribution >= 0.6 is 0 Å². The highest BCUT2D eigenvalue weighted by Gasteiger charge is 2.50. The summed E-state index contributed by atoms with van der Waals surface area (Å²) in [7, 11) is 0. The fraction of sp³-hybridized carbons (Fsp3) is 0.385. The number of hydrogen-bond donors (Lipinski definition) is 0. The van der Waals surface area contributed by atoms with Gasteiger partial charge in [0.05, 0.1) is 11.4 Å². The zero-order valence-corrected chi connectivity index (χ0v) is 18.8. The van der Waals surface area contributed by atoms with E-state index in [9.17, 15) is 4.79 Å². The number of hydrogen-bond acceptors (Lipinski definition) is 4. The van der Waals surface area contributed by atoms with Gasteiger partial charge in [0, 0.05) is 32.0 Å². The molecule has 2 aliphatic heterocycles. The lowest BCUT2D eigenvalue weighted by Crippen LogP contribution is -2.53. The number of carbonyl (C=O) groups is 1. The number of pyridine rings is 1. The summed E-state index contributed by atoms with van der Waals surface area (Å²) in [6.07, 6.45) is 5.92. The Morgan fingerprint density at radius 1 is 1.12 bits per heavy atom. The number of likely N-dealkylation sites (tertiary alicyclic amines) is 1. The van der Waals surface area contributed by atoms with Crippen LogP contribution in [-0.4, -0.2) is 46.6 Å². The highest BCUT2D eigenvalue weighted by molar-refractivity contribution is 5.79. The van der Waals surface area contributed by atoms with Crippen LogP contribution in [0.4, 0.5) is 5.69 Å². The van der Waals surface area contributed by atoms with E-state index in [1.54, 1.807) is 0 Å². The van der Waals surface area contributed by atoms with E-state index in [-0.39, 0.29) is 18.1 Å². The van der Waals surface area contributed by atoms with E-state index in [1.807, 2.05) is 47.5 Å². The zero-order valence-electron chi connectivity index (χ0n) is 18.8. The number of rotatable bonds is 6. The summed E-state index contributed by atoms with van der Waals surface area (Å²) in [5.41, 5.74) is 2.11. The standard InChI is InChI=1S/C26H30N4O2/c1-20(2)12-16-30-22-10-6-14-27-25(22)29-15-7-11-23(29)26(30)13-17-28(19-26)24(31)18-32-21-8-4-3-5-9-21/h3-11,14-15,20H,12-13,16-19H2,1-2H3/t26-/m1/s1. The van der Waals surface area contributed by atoms with E-state index < -0.39 is 0 Å². The molecule has 1 saturated heterocycles. The van der Waals surface area contributed by atoms with Gasteiger partial charge in [-0.2, -0.15) is 0 Å². The summed E-state index contributed by atoms with van der Waals surface area (Å²) < 4.78 is 7.96. The molecule has 6 nitrogen and oxygen atoms in total. The van der Waals surface area contributed by atoms with Crippen molar-refractivity contribution in [2.75, 3.05) is 31.1 Å². The van der Waals surface area contributed by atoms with Gasteiger partial charge >= 0.3 is 0 Å². The van der Waals surface area contributed by atoms with Gasteiger partial charge in [-0.05, 0) is 55.2 Å². The molecule has 1 fully saturated rings. The Balaban J connectivity index is 1.43. The molecule has 1 atom stereocenters. The number of aromatic nitrogens is 2. The Morgan fingerprint density at radius 2 is 1.97 bits per heavy atom. The molecular weight excluding hydrogens is 400 g/mol. The number of anilines is 1. The highest BCUT2D eigenvalue weighted by Crippen LogP contribution is 2.47. The highest BCUT2D eigenvalue weighted by atomic mass is 16.5. The number of ether oxygens (including phenoxy) is 1. The third kappa shape index (κ3) is 3.53. The molecule has 0 bridgehead atoms. The summed E-state index contributed by atoms with van der Waals surface area (Å²) in [6.45, 7) is 6.88. The summed E-state index contributed by atoms with van der Waals surface area (Å²) in [6, 6.07) is 18.0. The first-order chi connectivity index (χ1) is 15.6. The van der Waals surface area contributed by atoms with E-state index >= 15 is 0 Å². The molecule has 3 aromatic rings. The topological polar surface area (TPSA) is 50.6 Å². The van der Waals surface area contributed by atoms with Crippen molar-refractivity contribution < 1.29 is 9.53 Å². The number of para-hydroxylation sites is 1. The van der Waals surface area contributed by atoms with E-state index in [2.05, 4.69) is 47.7 Å². The Kier molecular flexibility index (Phi) is 5.37. The lowest BCUT2D eigenvalue weighted by Gasteiger charge is -2.47. The van der Waals surface area contributed by atoms with Crippen LogP contribution in [0.15, 0.2) is 67.0 Å². The molecule has 2 aromatic heterocycles. The normalized spacial score (nSPS) is 19.3. The van der Waals surface area contributed by atoms with Crippen molar-refractivity contribution in [2.24, 2.45) is 5.92 Å². The van der Waals surface area contributed by atoms with Crippen molar-refractivity contribution in [2.45, 2.75) is 32.2 Å². The van der Waals surface area contributed by atoms with E-state index in [0.717, 1.165) is 43.2 Å². The van der Waals surface area contributed by atoms with Crippen LogP contribution in [0, 0.1) is 5.92 Å². The molecule has 0 N–H and O–H groups in total. The lowest BCUT2D eigenvalue weighted by atomic mass is 9.88. The van der Waals surface area contributed by atoms with Crippen LogP contribution in [0.1, 0.15) is 32.4 Å². The van der Waals surface area contributed by atoms with Crippen LogP contribution in [0.3, 0.4) is 0 Å². The Labute approximate surface area is 189 Å². The summed E-state index contributed by atoms with van der Waals surface area (Å²) in [4.78, 5) is 22.3. The molecule has 6 heteroatoms. The smallest absolute Gasteiger partial charge is 0.260 e. The van der Waals surface area contributed by atoms with Crippen LogP contribution in [0.5, 0.6) is 5.75 Å². The number of fused-ring (bicyclic) bond motifs is 4. The van der Waals surface area contributed by atoms with Crippen molar-refractivity contribution in [3.05, 3.63) is 72.7 Å². The van der Waals surface area contributed by atoms with Gasteiger partial charge in [0.2, 0.25) is 0 Å². The van der Waals surface area contributed by atoms with Gasteiger partial charge in [-0.1, -0.05) is 32.0 Å². The predicted octanol–water partition coefficient (Wildman–Crippen LogP) is 4.25. The van der Waals surface area contributed by atoms with Crippen LogP contribution in [-0.2, 0) is 10.3 Å². The summed E-state index contributed by atoms with van der Waals surface area (Å²) in [5, 5.41) is 0. The molecule has 2 aliphatic rings. The maximum atomic E-state index is 13.1. The van der Waals surface area contributed by atoms with E-state index in [4.69, 9.17) is 9.72 Å². The molecule has 166 valence electrons. The first kappa shape index (κ1) is 20.6. The Bertz CT molecular complexity index is 1090. The van der Waals surface area contributed by atoms with Gasteiger partial charge in [0.1, 0.15) is 11.3 Å². The average molecular weight is 431 g/mol. The summed E-state index contributed by atoms with van der Waals surface area (Å²) in [5.74, 6) is 2.32. The fourth-order valence-electron chi connectivity index (χ4n) is 5.01. The van der Waals surface area contributed by atoms with Crippen LogP contribution in [0.2, 0.25) is 0 Å². The second-order valence-electron chi connectivity index (χ2n) is 9.14. The largest absolute Gasteiger partial charge is 0.484 e. The maximum Gasteiger partial charge on any atom is 0.260 e. The second kappa shape index (κ2) is 8.34. The van der Waals surface area contributed by atoms with Gasteiger partial charge in [0.25, 0.3) is 5.91 Å². The molecule has 5 rings (SSSR count). The van der Waals surface area contributed by atoms with Crippen LogP contribution < -0.4 is 9.64 Å². The number of nitrogens with zero attached hydrogens (tertiary/aromatic N) is 4. The molecule has 4 heterocycles. The predicted molar refractivity (Wildman–Crippen MR) is 125 cm³/mol. The molecule has 1 aromatic carbocycles. The maximum absolute atomic E-state index is 13.1. The first-order valence-electron chi connectivity index (χ1n) is 11.4. The van der Waals surface area contributed by atoms with E-state index in [0.29, 0.717) is 12.5 Å². The van der Waals surface area contributed by atoms with Crippen molar-refractivity contribution in [3.63, 3.8) is 0 Å². The molecule has 0 aliphatic carbocycles. The Hall–Kier alpha value is -3.28. The van der Waals surface area contributed by atoms with Crippen molar-refractivity contribution in [3.8, 4) is 11.6 Å². The quantitative estimate of drug-likeness (QED) is 0.587. The molecule has 0 saturated carbocycles. The number of amides is 1. The number of carbonyl (C=O) groups excluding carboxylic acids is 1. The molecule has 0 radical (unpaired) electrons. The van der Waals surface area contributed by atoms with Crippen molar-refractivity contribution in [1.82, 2.24) is 14.5 Å². The van der Waals surface area contributed by atoms with E-state index in [1.165, 1.54) is 5.69 Å². The fourth-order valence-corrected chi connectivity index (χ4v) is 5.01. The average Bonchev–Trinajstić information content (AvgIpc) is 3.47. The lowest BCUT2D eigenvalue weighted by molar-refractivity contribution is -0.132. The number of benzene rings is 1. The van der Waals surface area contributed by atoms with Crippen molar-refractivity contribution >= 4 is 11.6 Å². The third-order valence-corrected chi connectivity index (χ3v) is 6.66. The Morgan fingerprint density at radius 3 is 2.78 bits per heavy atom. The minimum atomic E-state index is -0.253. The van der Waals surface area contributed by atoms with Crippen LogP contribution in [0.25, 0.3) is 5.82 Å². The SMILES string of the molecule is CC(C)CCN1c2cccnc2-n2cccc2[C@]12CCN(C(=O)COc1ccccc1)C2. The second-order valence-corrected chi connectivity index (χ2v) is 9.14. The van der Waals surface area contributed by atoms with Gasteiger partial charge in [-0.25, -0.2) is 4.98 Å². The van der Waals surface area contributed by atoms with Gasteiger partial charge in [0.15, 0.2) is 12.4 Å². The van der Waals surface area contributed by atoms with Gasteiger partial charge < -0.3 is 19.1 Å². The molecule has 0 unspecified atom stereocenters. The monoisotopic (exact) mass is 430 g/mol. The zero-order chi connectivity index (χ0) is 22.1. The third-order valence-electron chi connectivity index (χ3n) is 6.66. The summed E-state index contributed by atoms with van der Waals surface area (Å²) >= 11 is 0. The molecule has 1 amide bonds. The van der Waals surface area contributed by atoms with Gasteiger partial charge in [-0.3, -0.25) is 4.79 Å². The molecular formula is C26H30N4O2. The first-order valence-corrected chi connectivity index (χ1v) is 11.4. The van der Waals surface area contributed by atoms with Crippen molar-refractivity contribution in [1.29, 1.82) is 0 Å². The minimum absolute atomic E-state index is 0.0321. The molecule has 1 spiro atoms. The molecule has 32 heavy (non-hydrogen) atoms. The minimum Gasteiger partial charge on any atom is -0.484 e.